The first-order valence-corrected chi connectivity index (χ1v) is 6.02. The molecule has 0 heterocycles. The number of hydrogen-bond donors (Lipinski definition) is 1. The Bertz CT molecular complexity index is 327. The highest BCUT2D eigenvalue weighted by Crippen LogP contribution is 2.11. The smallest absolute Gasteiger partial charge is 0.304 e. The van der Waals surface area contributed by atoms with Crippen LogP contribution in [0.5, 0.6) is 5.75 Å². The normalized spacial score (nSPS) is 10.1. The summed E-state index contributed by atoms with van der Waals surface area (Å²) < 4.78 is 17.9. The number of ether oxygens (including phenoxy) is 1. The fraction of sp³-hybridized carbons (Fsp3) is 0.364. The van der Waals surface area contributed by atoms with Gasteiger partial charge in [0.1, 0.15) is 11.6 Å². The molecule has 0 saturated carbocycles. The summed E-state index contributed by atoms with van der Waals surface area (Å²) in [5.74, 6) is 0.864. The van der Waals surface area contributed by atoms with Crippen LogP contribution in [0.4, 0.5) is 4.39 Å². The average molecular weight is 244 g/mol. The van der Waals surface area contributed by atoms with Gasteiger partial charge < -0.3 is 9.84 Å². The van der Waals surface area contributed by atoms with Crippen LogP contribution in [0, 0.1) is 5.82 Å². The summed E-state index contributed by atoms with van der Waals surface area (Å²) in [5, 5.41) is 8.39. The van der Waals surface area contributed by atoms with Gasteiger partial charge in [0.15, 0.2) is 0 Å². The summed E-state index contributed by atoms with van der Waals surface area (Å²) in [5.41, 5.74) is 0. The van der Waals surface area contributed by atoms with Gasteiger partial charge in [0.2, 0.25) is 0 Å². The number of carbonyl (C=O) groups is 1. The molecule has 0 saturated heterocycles. The van der Waals surface area contributed by atoms with Gasteiger partial charge in [-0.2, -0.15) is 11.8 Å². The van der Waals surface area contributed by atoms with Crippen LogP contribution in [-0.2, 0) is 4.79 Å². The van der Waals surface area contributed by atoms with Crippen LogP contribution in [0.2, 0.25) is 0 Å². The number of carboxylic acids is 1. The van der Waals surface area contributed by atoms with E-state index in [1.165, 1.54) is 23.9 Å². The molecule has 0 atom stereocenters. The Balaban J connectivity index is 2.07. The lowest BCUT2D eigenvalue weighted by Crippen LogP contribution is -2.02. The first-order chi connectivity index (χ1) is 7.68. The maximum absolute atomic E-state index is 12.5. The van der Waals surface area contributed by atoms with Crippen molar-refractivity contribution >= 4 is 17.7 Å². The van der Waals surface area contributed by atoms with Gasteiger partial charge in [-0.1, -0.05) is 0 Å². The summed E-state index contributed by atoms with van der Waals surface area (Å²) in [6, 6.07) is 5.81. The molecule has 0 fully saturated rings. The van der Waals surface area contributed by atoms with E-state index in [1.807, 2.05) is 0 Å². The van der Waals surface area contributed by atoms with Crippen LogP contribution in [0.25, 0.3) is 0 Å². The molecule has 3 nitrogen and oxygen atoms in total. The zero-order valence-electron chi connectivity index (χ0n) is 8.69. The largest absolute Gasteiger partial charge is 0.493 e. The zero-order chi connectivity index (χ0) is 11.8. The maximum Gasteiger partial charge on any atom is 0.304 e. The van der Waals surface area contributed by atoms with Crippen molar-refractivity contribution < 1.29 is 19.0 Å². The Kier molecular flexibility index (Phi) is 5.71. The number of thioether (sulfide) groups is 1. The first-order valence-electron chi connectivity index (χ1n) is 4.86. The van der Waals surface area contributed by atoms with Gasteiger partial charge in [0.25, 0.3) is 0 Å². The molecule has 0 unspecified atom stereocenters. The Morgan fingerprint density at radius 1 is 1.31 bits per heavy atom. The molecule has 0 aliphatic rings. The predicted octanol–water partition coefficient (Wildman–Crippen LogP) is 2.41. The molecule has 0 bridgehead atoms. The summed E-state index contributed by atoms with van der Waals surface area (Å²) in [4.78, 5) is 10.2. The third-order valence-corrected chi connectivity index (χ3v) is 2.72. The predicted molar refractivity (Wildman–Crippen MR) is 61.5 cm³/mol. The number of aliphatic carboxylic acids is 1. The van der Waals surface area contributed by atoms with Crippen LogP contribution in [0.1, 0.15) is 6.42 Å². The minimum atomic E-state index is -0.785. The fourth-order valence-corrected chi connectivity index (χ4v) is 1.74. The second-order valence-corrected chi connectivity index (χ2v) is 4.28. The summed E-state index contributed by atoms with van der Waals surface area (Å²) in [6.07, 6.45) is 0.168. The van der Waals surface area contributed by atoms with E-state index in [0.717, 1.165) is 5.75 Å². The van der Waals surface area contributed by atoms with Crippen molar-refractivity contribution in [3.8, 4) is 5.75 Å². The van der Waals surface area contributed by atoms with Crippen molar-refractivity contribution in [2.45, 2.75) is 6.42 Å². The van der Waals surface area contributed by atoms with Gasteiger partial charge in [0.05, 0.1) is 13.0 Å². The van der Waals surface area contributed by atoms with Crippen LogP contribution in [0.3, 0.4) is 0 Å². The third kappa shape index (κ3) is 5.60. The monoisotopic (exact) mass is 244 g/mol. The van der Waals surface area contributed by atoms with Gasteiger partial charge >= 0.3 is 5.97 Å². The molecule has 1 rings (SSSR count). The van der Waals surface area contributed by atoms with Gasteiger partial charge in [-0.25, -0.2) is 4.39 Å². The topological polar surface area (TPSA) is 46.5 Å². The van der Waals surface area contributed by atoms with E-state index in [0.29, 0.717) is 18.1 Å². The van der Waals surface area contributed by atoms with Crippen LogP contribution in [0.15, 0.2) is 24.3 Å². The minimum Gasteiger partial charge on any atom is -0.493 e. The van der Waals surface area contributed by atoms with Crippen molar-refractivity contribution in [3.05, 3.63) is 30.1 Å². The Morgan fingerprint density at radius 3 is 2.62 bits per heavy atom. The first kappa shape index (κ1) is 12.8. The van der Waals surface area contributed by atoms with Crippen LogP contribution >= 0.6 is 11.8 Å². The average Bonchev–Trinajstić information content (AvgIpc) is 2.25. The SMILES string of the molecule is O=C(O)CCSCCOc1ccc(F)cc1. The standard InChI is InChI=1S/C11H13FO3S/c12-9-1-3-10(4-2-9)15-6-8-16-7-5-11(13)14/h1-4H,5-8H2,(H,13,14). The molecule has 0 spiro atoms. The lowest BCUT2D eigenvalue weighted by atomic mass is 10.3. The van der Waals surface area contributed by atoms with Gasteiger partial charge in [-0.05, 0) is 24.3 Å². The molecule has 0 aliphatic heterocycles. The van der Waals surface area contributed by atoms with E-state index >= 15 is 0 Å². The van der Waals surface area contributed by atoms with E-state index in [4.69, 9.17) is 9.84 Å². The molecular formula is C11H13FO3S. The quantitative estimate of drug-likeness (QED) is 0.748. The van der Waals surface area contributed by atoms with E-state index < -0.39 is 5.97 Å². The lowest BCUT2D eigenvalue weighted by molar-refractivity contribution is -0.136. The molecule has 5 heteroatoms. The third-order valence-electron chi connectivity index (χ3n) is 1.77. The second kappa shape index (κ2) is 7.11. The molecule has 1 aromatic carbocycles. The Morgan fingerprint density at radius 2 is 2.00 bits per heavy atom. The number of rotatable bonds is 7. The van der Waals surface area contributed by atoms with E-state index in [1.54, 1.807) is 12.1 Å². The van der Waals surface area contributed by atoms with Gasteiger partial charge in [0, 0.05) is 11.5 Å². The minimum absolute atomic E-state index is 0.168. The number of halogens is 1. The number of hydrogen-bond acceptors (Lipinski definition) is 3. The molecule has 0 radical (unpaired) electrons. The molecule has 0 aliphatic carbocycles. The van der Waals surface area contributed by atoms with Crippen LogP contribution in [-0.4, -0.2) is 29.2 Å². The summed E-state index contributed by atoms with van der Waals surface area (Å²) in [7, 11) is 0. The molecular weight excluding hydrogens is 231 g/mol. The van der Waals surface area contributed by atoms with Gasteiger partial charge in [-0.15, -0.1) is 0 Å². The molecule has 1 aromatic rings. The highest BCUT2D eigenvalue weighted by atomic mass is 32.2. The van der Waals surface area contributed by atoms with Crippen molar-refractivity contribution in [3.63, 3.8) is 0 Å². The lowest BCUT2D eigenvalue weighted by Gasteiger charge is -2.05. The molecule has 88 valence electrons. The molecule has 0 amide bonds. The Hall–Kier alpha value is -1.23. The van der Waals surface area contributed by atoms with E-state index in [-0.39, 0.29) is 12.2 Å². The fourth-order valence-electron chi connectivity index (χ4n) is 1.01. The van der Waals surface area contributed by atoms with E-state index in [2.05, 4.69) is 0 Å². The maximum atomic E-state index is 12.5. The molecule has 1 N–H and O–H groups in total. The van der Waals surface area contributed by atoms with Crippen molar-refractivity contribution in [2.24, 2.45) is 0 Å². The highest BCUT2D eigenvalue weighted by Gasteiger charge is 1.97. The van der Waals surface area contributed by atoms with Crippen molar-refractivity contribution in [1.29, 1.82) is 0 Å². The van der Waals surface area contributed by atoms with E-state index in [9.17, 15) is 9.18 Å². The highest BCUT2D eigenvalue weighted by molar-refractivity contribution is 7.99. The number of carboxylic acid groups (broad SMARTS) is 1. The number of benzene rings is 1. The summed E-state index contributed by atoms with van der Waals surface area (Å²) >= 11 is 1.52. The second-order valence-electron chi connectivity index (χ2n) is 3.06. The molecule has 16 heavy (non-hydrogen) atoms. The molecule has 0 aromatic heterocycles. The summed E-state index contributed by atoms with van der Waals surface area (Å²) in [6.45, 7) is 0.496. The van der Waals surface area contributed by atoms with Crippen molar-refractivity contribution in [1.82, 2.24) is 0 Å². The van der Waals surface area contributed by atoms with Gasteiger partial charge in [-0.3, -0.25) is 4.79 Å². The van der Waals surface area contributed by atoms with Crippen molar-refractivity contribution in [2.75, 3.05) is 18.1 Å². The Labute approximate surface area is 97.6 Å². The zero-order valence-corrected chi connectivity index (χ0v) is 9.50. The van der Waals surface area contributed by atoms with Crippen LogP contribution < -0.4 is 4.74 Å².